The molecule has 0 saturated heterocycles. The smallest absolute Gasteiger partial charge is 0.188 e. The Bertz CT molecular complexity index is 577. The Kier molecular flexibility index (Phi) is 4.05. The topological polar surface area (TPSA) is 59.9 Å². The van der Waals surface area contributed by atoms with Crippen LogP contribution in [0, 0.1) is 6.92 Å². The van der Waals surface area contributed by atoms with E-state index in [1.807, 2.05) is 19.3 Å². The third-order valence-electron chi connectivity index (χ3n) is 3.16. The van der Waals surface area contributed by atoms with Crippen LogP contribution in [0.5, 0.6) is 0 Å². The first-order valence-corrected chi connectivity index (χ1v) is 7.58. The molecule has 5 nitrogen and oxygen atoms in total. The number of methoxy groups -OCH3 is 1. The van der Waals surface area contributed by atoms with Gasteiger partial charge < -0.3 is 10.1 Å². The van der Waals surface area contributed by atoms with Crippen molar-refractivity contribution in [1.29, 1.82) is 0 Å². The van der Waals surface area contributed by atoms with Crippen molar-refractivity contribution in [3.8, 4) is 10.8 Å². The Balaban J connectivity index is 1.82. The van der Waals surface area contributed by atoms with E-state index in [4.69, 9.17) is 4.74 Å². The van der Waals surface area contributed by atoms with E-state index >= 15 is 0 Å². The molecule has 106 valence electrons. The molecule has 0 aromatic carbocycles. The number of rotatable bonds is 6. The third kappa shape index (κ3) is 3.20. The van der Waals surface area contributed by atoms with Gasteiger partial charge in [-0.05, 0) is 25.3 Å². The summed E-state index contributed by atoms with van der Waals surface area (Å²) in [7, 11) is 1.69. The first kappa shape index (κ1) is 13.6. The lowest BCUT2D eigenvalue weighted by Crippen LogP contribution is -2.15. The highest BCUT2D eigenvalue weighted by Gasteiger charge is 2.22. The molecule has 0 unspecified atom stereocenters. The summed E-state index contributed by atoms with van der Waals surface area (Å²) in [5.74, 6) is 0.690. The maximum absolute atomic E-state index is 5.23. The minimum absolute atomic E-state index is 0.532. The van der Waals surface area contributed by atoms with Gasteiger partial charge in [0.25, 0.3) is 0 Å². The minimum atomic E-state index is 0.532. The van der Waals surface area contributed by atoms with E-state index in [0.717, 1.165) is 22.8 Å². The van der Waals surface area contributed by atoms with Crippen molar-refractivity contribution < 1.29 is 4.74 Å². The van der Waals surface area contributed by atoms with Gasteiger partial charge in [-0.3, -0.25) is 0 Å². The third-order valence-corrected chi connectivity index (χ3v) is 4.25. The maximum Gasteiger partial charge on any atom is 0.188 e. The van der Waals surface area contributed by atoms with Gasteiger partial charge in [-0.15, -0.1) is 11.3 Å². The van der Waals surface area contributed by atoms with Crippen LogP contribution in [0.25, 0.3) is 10.8 Å². The fourth-order valence-electron chi connectivity index (χ4n) is 1.89. The monoisotopic (exact) mass is 290 g/mol. The van der Waals surface area contributed by atoms with Crippen LogP contribution in [0.15, 0.2) is 12.4 Å². The highest BCUT2D eigenvalue weighted by atomic mass is 32.1. The summed E-state index contributed by atoms with van der Waals surface area (Å²) in [6.45, 7) is 3.36. The van der Waals surface area contributed by atoms with Crippen LogP contribution in [-0.4, -0.2) is 28.1 Å². The summed E-state index contributed by atoms with van der Waals surface area (Å²) in [5, 5.41) is 4.39. The van der Waals surface area contributed by atoms with Crippen LogP contribution in [0.3, 0.4) is 0 Å². The Morgan fingerprint density at radius 1 is 1.35 bits per heavy atom. The molecule has 0 amide bonds. The molecule has 1 fully saturated rings. The van der Waals surface area contributed by atoms with E-state index in [9.17, 15) is 0 Å². The van der Waals surface area contributed by atoms with E-state index in [2.05, 4.69) is 20.3 Å². The number of nitrogens with zero attached hydrogens (tertiary/aromatic N) is 3. The van der Waals surface area contributed by atoms with Crippen LogP contribution in [0.1, 0.15) is 29.0 Å². The molecule has 1 N–H and O–H groups in total. The first-order valence-electron chi connectivity index (χ1n) is 6.76. The normalized spacial score (nSPS) is 14.7. The second kappa shape index (κ2) is 5.95. The van der Waals surface area contributed by atoms with Crippen molar-refractivity contribution in [2.24, 2.45) is 0 Å². The molecule has 0 bridgehead atoms. The van der Waals surface area contributed by atoms with E-state index < -0.39 is 0 Å². The molecule has 2 aromatic rings. The number of nitrogens with one attached hydrogen (secondary N) is 1. The van der Waals surface area contributed by atoms with Gasteiger partial charge in [-0.1, -0.05) is 0 Å². The van der Waals surface area contributed by atoms with Gasteiger partial charge in [0.2, 0.25) is 0 Å². The molecule has 3 rings (SSSR count). The van der Waals surface area contributed by atoms with Crippen LogP contribution < -0.4 is 5.32 Å². The number of hydrogen-bond donors (Lipinski definition) is 1. The average Bonchev–Trinajstić information content (AvgIpc) is 3.19. The summed E-state index contributed by atoms with van der Waals surface area (Å²) >= 11 is 1.65. The minimum Gasteiger partial charge on any atom is -0.378 e. The number of aromatic nitrogens is 3. The highest BCUT2D eigenvalue weighted by Crippen LogP contribution is 2.27. The van der Waals surface area contributed by atoms with Crippen molar-refractivity contribution in [2.45, 2.75) is 39.0 Å². The standard InChI is InChI=1S/C14H18N4OS/c1-9-5-16-13(17-6-9)14-18-11(8-19-2)12(20-14)7-15-10-3-4-10/h5-6,10,15H,3-4,7-8H2,1-2H3. The molecule has 0 atom stereocenters. The molecule has 1 aliphatic carbocycles. The van der Waals surface area contributed by atoms with Gasteiger partial charge >= 0.3 is 0 Å². The zero-order valence-corrected chi connectivity index (χ0v) is 12.5. The van der Waals surface area contributed by atoms with Crippen molar-refractivity contribution in [3.05, 3.63) is 28.5 Å². The number of thiazole rings is 1. The molecule has 2 aromatic heterocycles. The lowest BCUT2D eigenvalue weighted by Gasteiger charge is -2.02. The summed E-state index contributed by atoms with van der Waals surface area (Å²) in [6.07, 6.45) is 6.21. The van der Waals surface area contributed by atoms with Gasteiger partial charge in [0.1, 0.15) is 0 Å². The summed E-state index contributed by atoms with van der Waals surface area (Å²) in [4.78, 5) is 14.5. The molecule has 0 radical (unpaired) electrons. The second-order valence-corrected chi connectivity index (χ2v) is 6.14. The van der Waals surface area contributed by atoms with Gasteiger partial charge in [0.05, 0.1) is 12.3 Å². The first-order chi connectivity index (χ1) is 9.76. The lowest BCUT2D eigenvalue weighted by molar-refractivity contribution is 0.181. The molecule has 2 heterocycles. The van der Waals surface area contributed by atoms with E-state index in [0.29, 0.717) is 18.5 Å². The zero-order valence-electron chi connectivity index (χ0n) is 11.7. The predicted molar refractivity (Wildman–Crippen MR) is 78.5 cm³/mol. The number of aryl methyl sites for hydroxylation is 1. The fraction of sp³-hybridized carbons (Fsp3) is 0.500. The largest absolute Gasteiger partial charge is 0.378 e. The van der Waals surface area contributed by atoms with Crippen molar-refractivity contribution in [3.63, 3.8) is 0 Å². The lowest BCUT2D eigenvalue weighted by atomic mass is 10.3. The number of hydrogen-bond acceptors (Lipinski definition) is 6. The van der Waals surface area contributed by atoms with Crippen LogP contribution >= 0.6 is 11.3 Å². The maximum atomic E-state index is 5.23. The fourth-order valence-corrected chi connectivity index (χ4v) is 2.86. The quantitative estimate of drug-likeness (QED) is 0.884. The van der Waals surface area contributed by atoms with Crippen molar-refractivity contribution in [1.82, 2.24) is 20.3 Å². The van der Waals surface area contributed by atoms with Gasteiger partial charge in [-0.2, -0.15) is 0 Å². The Hall–Kier alpha value is -1.37. The Morgan fingerprint density at radius 3 is 2.75 bits per heavy atom. The SMILES string of the molecule is COCc1nc(-c2ncc(C)cn2)sc1CNC1CC1. The van der Waals surface area contributed by atoms with Crippen LogP contribution in [0.4, 0.5) is 0 Å². The van der Waals surface area contributed by atoms with E-state index in [1.165, 1.54) is 17.7 Å². The molecule has 0 spiro atoms. The van der Waals surface area contributed by atoms with Gasteiger partial charge in [0.15, 0.2) is 10.8 Å². The number of ether oxygens (including phenoxy) is 1. The van der Waals surface area contributed by atoms with E-state index in [-0.39, 0.29) is 0 Å². The Morgan fingerprint density at radius 2 is 2.10 bits per heavy atom. The van der Waals surface area contributed by atoms with Crippen LogP contribution in [0.2, 0.25) is 0 Å². The molecule has 0 aliphatic heterocycles. The molecule has 1 aliphatic rings. The summed E-state index contributed by atoms with van der Waals surface area (Å²) < 4.78 is 5.23. The molecule has 1 saturated carbocycles. The highest BCUT2D eigenvalue weighted by molar-refractivity contribution is 7.15. The summed E-state index contributed by atoms with van der Waals surface area (Å²) in [5.41, 5.74) is 2.04. The molecule has 6 heteroatoms. The molecule has 20 heavy (non-hydrogen) atoms. The second-order valence-electron chi connectivity index (χ2n) is 5.06. The van der Waals surface area contributed by atoms with Gasteiger partial charge in [-0.25, -0.2) is 15.0 Å². The van der Waals surface area contributed by atoms with Gasteiger partial charge in [0, 0.05) is 37.0 Å². The van der Waals surface area contributed by atoms with Crippen LogP contribution in [-0.2, 0) is 17.9 Å². The Labute approximate surface area is 122 Å². The average molecular weight is 290 g/mol. The molecular weight excluding hydrogens is 272 g/mol. The predicted octanol–water partition coefficient (Wildman–Crippen LogP) is 2.31. The molecular formula is C14H18N4OS. The van der Waals surface area contributed by atoms with Crippen molar-refractivity contribution >= 4 is 11.3 Å². The van der Waals surface area contributed by atoms with Crippen molar-refractivity contribution in [2.75, 3.05) is 7.11 Å². The zero-order chi connectivity index (χ0) is 13.9. The van der Waals surface area contributed by atoms with E-state index in [1.54, 1.807) is 18.4 Å². The summed E-state index contributed by atoms with van der Waals surface area (Å²) in [6, 6.07) is 0.687.